The molecular weight excluding hydrogens is 356 g/mol. The summed E-state index contributed by atoms with van der Waals surface area (Å²) in [4.78, 5) is 26.1. The Bertz CT molecular complexity index is 930. The second-order valence-corrected chi connectivity index (χ2v) is 7.04. The third-order valence-corrected chi connectivity index (χ3v) is 4.75. The molecule has 0 aliphatic rings. The molecular formula is C22H20N2O2S. The Labute approximate surface area is 162 Å². The zero-order valence-electron chi connectivity index (χ0n) is 14.9. The van der Waals surface area contributed by atoms with E-state index in [1.165, 1.54) is 11.3 Å². The summed E-state index contributed by atoms with van der Waals surface area (Å²) >= 11 is 1.50. The molecule has 1 heterocycles. The van der Waals surface area contributed by atoms with Crippen LogP contribution in [-0.2, 0) is 11.3 Å². The van der Waals surface area contributed by atoms with E-state index in [1.54, 1.807) is 18.2 Å². The van der Waals surface area contributed by atoms with Crippen LogP contribution in [0.15, 0.2) is 77.8 Å². The highest BCUT2D eigenvalue weighted by Gasteiger charge is 2.14. The lowest BCUT2D eigenvalue weighted by atomic mass is 10.1. The number of benzene rings is 2. The summed E-state index contributed by atoms with van der Waals surface area (Å²) in [6.07, 6.45) is 1.69. The minimum absolute atomic E-state index is 0.221. The molecule has 0 radical (unpaired) electrons. The molecule has 136 valence electrons. The maximum atomic E-state index is 12.7. The number of carbonyl (C=O) groups excluding carboxylic acids is 2. The normalized spacial score (nSPS) is 11.1. The Hall–Kier alpha value is -3.18. The molecule has 0 saturated carbocycles. The number of carbonyl (C=O) groups is 2. The molecule has 27 heavy (non-hydrogen) atoms. The van der Waals surface area contributed by atoms with E-state index >= 15 is 0 Å². The number of nitrogens with one attached hydrogen (secondary N) is 2. The van der Waals surface area contributed by atoms with E-state index in [4.69, 9.17) is 0 Å². The molecule has 0 unspecified atom stereocenters. The van der Waals surface area contributed by atoms with Crippen molar-refractivity contribution in [3.63, 3.8) is 0 Å². The summed E-state index contributed by atoms with van der Waals surface area (Å²) in [5.41, 5.74) is 2.79. The highest BCUT2D eigenvalue weighted by molar-refractivity contribution is 7.10. The first-order valence-corrected chi connectivity index (χ1v) is 9.45. The predicted octanol–water partition coefficient (Wildman–Crippen LogP) is 4.14. The zero-order chi connectivity index (χ0) is 19.1. The predicted molar refractivity (Wildman–Crippen MR) is 109 cm³/mol. The maximum absolute atomic E-state index is 12.7. The molecule has 2 aromatic carbocycles. The summed E-state index contributed by atoms with van der Waals surface area (Å²) in [5, 5.41) is 7.53. The smallest absolute Gasteiger partial charge is 0.268 e. The van der Waals surface area contributed by atoms with Crippen LogP contribution in [0.5, 0.6) is 0 Å². The third-order valence-electron chi connectivity index (χ3n) is 3.93. The molecule has 0 fully saturated rings. The first-order valence-electron chi connectivity index (χ1n) is 8.57. The fourth-order valence-electron chi connectivity index (χ4n) is 2.45. The van der Waals surface area contributed by atoms with Crippen molar-refractivity contribution in [3.8, 4) is 0 Å². The lowest BCUT2D eigenvalue weighted by Crippen LogP contribution is -2.34. The summed E-state index contributed by atoms with van der Waals surface area (Å²) in [6, 6.07) is 20.7. The molecule has 4 nitrogen and oxygen atoms in total. The molecule has 0 aliphatic carbocycles. The monoisotopic (exact) mass is 376 g/mol. The summed E-state index contributed by atoms with van der Waals surface area (Å²) < 4.78 is 0. The highest BCUT2D eigenvalue weighted by atomic mass is 32.1. The number of aryl methyl sites for hydroxylation is 1. The van der Waals surface area contributed by atoms with Gasteiger partial charge in [0, 0.05) is 17.0 Å². The van der Waals surface area contributed by atoms with Crippen LogP contribution < -0.4 is 10.6 Å². The van der Waals surface area contributed by atoms with E-state index in [-0.39, 0.29) is 17.5 Å². The average molecular weight is 376 g/mol. The number of hydrogen-bond donors (Lipinski definition) is 2. The third kappa shape index (κ3) is 5.39. The summed E-state index contributed by atoms with van der Waals surface area (Å²) in [5.74, 6) is -0.639. The maximum Gasteiger partial charge on any atom is 0.268 e. The van der Waals surface area contributed by atoms with Gasteiger partial charge < -0.3 is 10.6 Å². The van der Waals surface area contributed by atoms with E-state index in [2.05, 4.69) is 10.6 Å². The van der Waals surface area contributed by atoms with Gasteiger partial charge in [0.25, 0.3) is 11.8 Å². The molecule has 2 amide bonds. The fraction of sp³-hybridized carbons (Fsp3) is 0.0909. The molecule has 0 spiro atoms. The average Bonchev–Trinajstić information content (AvgIpc) is 3.20. The molecule has 2 N–H and O–H groups in total. The Kier molecular flexibility index (Phi) is 6.18. The van der Waals surface area contributed by atoms with Gasteiger partial charge in [-0.25, -0.2) is 0 Å². The molecule has 5 heteroatoms. The van der Waals surface area contributed by atoms with Gasteiger partial charge in [0.05, 0.1) is 0 Å². The topological polar surface area (TPSA) is 58.2 Å². The first-order chi connectivity index (χ1) is 13.1. The van der Waals surface area contributed by atoms with Crippen molar-refractivity contribution < 1.29 is 9.59 Å². The van der Waals surface area contributed by atoms with Crippen molar-refractivity contribution in [2.24, 2.45) is 0 Å². The van der Waals surface area contributed by atoms with Gasteiger partial charge in [-0.2, -0.15) is 0 Å². The van der Waals surface area contributed by atoms with Crippen molar-refractivity contribution in [2.45, 2.75) is 13.5 Å². The Morgan fingerprint density at radius 1 is 0.963 bits per heavy atom. The van der Waals surface area contributed by atoms with Crippen LogP contribution in [0.4, 0.5) is 0 Å². The van der Waals surface area contributed by atoms with Crippen molar-refractivity contribution in [3.05, 3.63) is 99.4 Å². The minimum Gasteiger partial charge on any atom is -0.347 e. The van der Waals surface area contributed by atoms with Crippen LogP contribution in [0.2, 0.25) is 0 Å². The second-order valence-electron chi connectivity index (χ2n) is 6.06. The Morgan fingerprint density at radius 2 is 1.70 bits per heavy atom. The van der Waals surface area contributed by atoms with Crippen LogP contribution in [0, 0.1) is 6.92 Å². The fourth-order valence-corrected chi connectivity index (χ4v) is 3.10. The van der Waals surface area contributed by atoms with Crippen molar-refractivity contribution in [1.29, 1.82) is 0 Å². The van der Waals surface area contributed by atoms with Crippen molar-refractivity contribution >= 4 is 29.2 Å². The summed E-state index contributed by atoms with van der Waals surface area (Å²) in [6.45, 7) is 2.35. The largest absolute Gasteiger partial charge is 0.347 e. The van der Waals surface area contributed by atoms with Gasteiger partial charge >= 0.3 is 0 Å². The molecule has 3 rings (SSSR count). The second kappa shape index (κ2) is 8.96. The minimum atomic E-state index is -0.326. The van der Waals surface area contributed by atoms with Crippen LogP contribution in [0.1, 0.15) is 26.4 Å². The van der Waals surface area contributed by atoms with Gasteiger partial charge in [0.2, 0.25) is 0 Å². The summed E-state index contributed by atoms with van der Waals surface area (Å²) in [7, 11) is 0. The van der Waals surface area contributed by atoms with E-state index in [1.807, 2.05) is 66.9 Å². The van der Waals surface area contributed by atoms with Gasteiger partial charge in [0.15, 0.2) is 0 Å². The standard InChI is InChI=1S/C22H20N2O2S/c1-16-9-11-18(12-10-16)21(25)24-20(14-19-8-5-13-27-19)22(26)23-15-17-6-3-2-4-7-17/h2-14H,15H2,1H3,(H,23,26)(H,24,25)/b20-14-. The van der Waals surface area contributed by atoms with E-state index in [9.17, 15) is 9.59 Å². The van der Waals surface area contributed by atoms with Crippen LogP contribution >= 0.6 is 11.3 Å². The molecule has 0 saturated heterocycles. The van der Waals surface area contributed by atoms with Gasteiger partial charge in [-0.15, -0.1) is 11.3 Å². The Balaban J connectivity index is 1.75. The van der Waals surface area contributed by atoms with Gasteiger partial charge in [-0.05, 0) is 42.1 Å². The number of amides is 2. The van der Waals surface area contributed by atoms with E-state index in [0.29, 0.717) is 12.1 Å². The van der Waals surface area contributed by atoms with Crippen LogP contribution in [0.3, 0.4) is 0 Å². The lowest BCUT2D eigenvalue weighted by molar-refractivity contribution is -0.117. The number of thiophene rings is 1. The number of rotatable bonds is 6. The molecule has 3 aromatic rings. The van der Waals surface area contributed by atoms with Crippen LogP contribution in [-0.4, -0.2) is 11.8 Å². The molecule has 0 atom stereocenters. The highest BCUT2D eigenvalue weighted by Crippen LogP contribution is 2.13. The molecule has 0 aliphatic heterocycles. The van der Waals surface area contributed by atoms with Gasteiger partial charge in [-0.3, -0.25) is 9.59 Å². The van der Waals surface area contributed by atoms with Crippen molar-refractivity contribution in [1.82, 2.24) is 10.6 Å². The van der Waals surface area contributed by atoms with Gasteiger partial charge in [0.1, 0.15) is 5.70 Å². The van der Waals surface area contributed by atoms with Crippen LogP contribution in [0.25, 0.3) is 6.08 Å². The first kappa shape index (κ1) is 18.6. The molecule has 1 aromatic heterocycles. The number of hydrogen-bond acceptors (Lipinski definition) is 3. The lowest BCUT2D eigenvalue weighted by Gasteiger charge is -2.11. The molecule has 0 bridgehead atoms. The van der Waals surface area contributed by atoms with E-state index < -0.39 is 0 Å². The quantitative estimate of drug-likeness (QED) is 0.635. The Morgan fingerprint density at radius 3 is 2.37 bits per heavy atom. The SMILES string of the molecule is Cc1ccc(C(=O)N/C(=C\c2cccs2)C(=O)NCc2ccccc2)cc1. The zero-order valence-corrected chi connectivity index (χ0v) is 15.8. The van der Waals surface area contributed by atoms with Crippen molar-refractivity contribution in [2.75, 3.05) is 0 Å². The van der Waals surface area contributed by atoms with Gasteiger partial charge in [-0.1, -0.05) is 54.1 Å². The van der Waals surface area contributed by atoms with E-state index in [0.717, 1.165) is 16.0 Å².